The van der Waals surface area contributed by atoms with Crippen LogP contribution in [-0.2, 0) is 9.59 Å². The molecule has 162 valence electrons. The number of rotatable bonds is 6. The number of ether oxygens (including phenoxy) is 1. The van der Waals surface area contributed by atoms with E-state index in [1.54, 1.807) is 41.4 Å². The number of pyridine rings is 1. The number of hydrogen-bond acceptors (Lipinski definition) is 5. The first-order valence-corrected chi connectivity index (χ1v) is 11.1. The molecule has 1 aliphatic heterocycles. The SMILES string of the molecule is CC(C)C(Oc1ccccc1C#N)C(=O)N1CCC(C(=O)Nc2ccc(Br)cn2)CC1. The van der Waals surface area contributed by atoms with Crippen LogP contribution in [0.4, 0.5) is 5.82 Å². The number of hydrogen-bond donors (Lipinski definition) is 1. The molecule has 1 N–H and O–H groups in total. The van der Waals surface area contributed by atoms with Crippen LogP contribution < -0.4 is 10.1 Å². The first-order valence-electron chi connectivity index (χ1n) is 10.3. The molecule has 31 heavy (non-hydrogen) atoms. The fourth-order valence-corrected chi connectivity index (χ4v) is 3.72. The quantitative estimate of drug-likeness (QED) is 0.668. The van der Waals surface area contributed by atoms with E-state index in [1.807, 2.05) is 19.9 Å². The zero-order valence-corrected chi connectivity index (χ0v) is 19.1. The van der Waals surface area contributed by atoms with Gasteiger partial charge in [0.05, 0.1) is 5.56 Å². The Bertz CT molecular complexity index is 964. The van der Waals surface area contributed by atoms with Crippen LogP contribution >= 0.6 is 15.9 Å². The van der Waals surface area contributed by atoms with Crippen molar-refractivity contribution < 1.29 is 14.3 Å². The molecule has 2 amide bonds. The van der Waals surface area contributed by atoms with Crippen molar-refractivity contribution in [3.8, 4) is 11.8 Å². The lowest BCUT2D eigenvalue weighted by Crippen LogP contribution is -2.49. The first-order chi connectivity index (χ1) is 14.9. The lowest BCUT2D eigenvalue weighted by molar-refractivity contribution is -0.143. The third-order valence-corrected chi connectivity index (χ3v) is 5.74. The third kappa shape index (κ3) is 5.82. The van der Waals surface area contributed by atoms with E-state index < -0.39 is 6.10 Å². The van der Waals surface area contributed by atoms with Gasteiger partial charge < -0.3 is 15.0 Å². The number of carbonyl (C=O) groups excluding carboxylic acids is 2. The average Bonchev–Trinajstić information content (AvgIpc) is 2.78. The molecule has 1 unspecified atom stereocenters. The van der Waals surface area contributed by atoms with E-state index >= 15 is 0 Å². The number of piperidine rings is 1. The highest BCUT2D eigenvalue weighted by molar-refractivity contribution is 9.10. The van der Waals surface area contributed by atoms with Gasteiger partial charge >= 0.3 is 0 Å². The van der Waals surface area contributed by atoms with Crippen molar-refractivity contribution in [1.29, 1.82) is 5.26 Å². The summed E-state index contributed by atoms with van der Waals surface area (Å²) in [5.41, 5.74) is 0.401. The van der Waals surface area contributed by atoms with Crippen LogP contribution in [0.25, 0.3) is 0 Å². The maximum atomic E-state index is 13.1. The van der Waals surface area contributed by atoms with Crippen LogP contribution in [0, 0.1) is 23.2 Å². The maximum absolute atomic E-state index is 13.1. The number of nitrogens with zero attached hydrogens (tertiary/aromatic N) is 3. The molecular formula is C23H25BrN4O3. The van der Waals surface area contributed by atoms with E-state index in [4.69, 9.17) is 4.74 Å². The van der Waals surface area contributed by atoms with Crippen molar-refractivity contribution in [3.63, 3.8) is 0 Å². The van der Waals surface area contributed by atoms with Gasteiger partial charge in [-0.3, -0.25) is 9.59 Å². The number of para-hydroxylation sites is 1. The van der Waals surface area contributed by atoms with Gasteiger partial charge in [0.1, 0.15) is 17.6 Å². The van der Waals surface area contributed by atoms with Crippen LogP contribution in [-0.4, -0.2) is 40.9 Å². The van der Waals surface area contributed by atoms with Gasteiger partial charge in [-0.2, -0.15) is 5.26 Å². The Morgan fingerprint density at radius 2 is 1.94 bits per heavy atom. The molecule has 1 aromatic heterocycles. The predicted octanol–water partition coefficient (Wildman–Crippen LogP) is 4.00. The number of likely N-dealkylation sites (tertiary alicyclic amines) is 1. The first kappa shape index (κ1) is 22.8. The van der Waals surface area contributed by atoms with Gasteiger partial charge in [-0.25, -0.2) is 4.98 Å². The largest absolute Gasteiger partial charge is 0.479 e. The number of benzene rings is 1. The Hall–Kier alpha value is -2.92. The van der Waals surface area contributed by atoms with Gasteiger partial charge in [0.15, 0.2) is 6.10 Å². The standard InChI is InChI=1S/C23H25BrN4O3/c1-15(2)21(31-19-6-4-3-5-17(19)13-25)23(30)28-11-9-16(10-12-28)22(29)27-20-8-7-18(24)14-26-20/h3-8,14-16,21H,9-12H2,1-2H3,(H,26,27,29). The van der Waals surface area contributed by atoms with Crippen molar-refractivity contribution in [3.05, 3.63) is 52.6 Å². The van der Waals surface area contributed by atoms with E-state index in [9.17, 15) is 14.9 Å². The van der Waals surface area contributed by atoms with E-state index in [1.165, 1.54) is 0 Å². The normalized spacial score (nSPS) is 15.3. The highest BCUT2D eigenvalue weighted by Gasteiger charge is 2.33. The lowest BCUT2D eigenvalue weighted by atomic mass is 9.94. The molecule has 2 heterocycles. The average molecular weight is 485 g/mol. The molecule has 8 heteroatoms. The molecule has 0 aliphatic carbocycles. The molecule has 2 aromatic rings. The maximum Gasteiger partial charge on any atom is 0.263 e. The van der Waals surface area contributed by atoms with Crippen molar-refractivity contribution in [1.82, 2.24) is 9.88 Å². The topological polar surface area (TPSA) is 95.3 Å². The minimum atomic E-state index is -0.688. The molecule has 0 spiro atoms. The minimum absolute atomic E-state index is 0.0660. The number of nitrogens with one attached hydrogen (secondary N) is 1. The monoisotopic (exact) mass is 484 g/mol. The van der Waals surface area contributed by atoms with Gasteiger partial charge in [0, 0.05) is 29.7 Å². The van der Waals surface area contributed by atoms with E-state index in [2.05, 4.69) is 32.3 Å². The highest BCUT2D eigenvalue weighted by atomic mass is 79.9. The Labute approximate surface area is 190 Å². The Morgan fingerprint density at radius 3 is 2.55 bits per heavy atom. The molecule has 3 rings (SSSR count). The summed E-state index contributed by atoms with van der Waals surface area (Å²) >= 11 is 3.32. The molecule has 1 atom stereocenters. The molecule has 0 radical (unpaired) electrons. The second-order valence-electron chi connectivity index (χ2n) is 7.84. The fourth-order valence-electron chi connectivity index (χ4n) is 3.49. The minimum Gasteiger partial charge on any atom is -0.479 e. The molecule has 7 nitrogen and oxygen atoms in total. The summed E-state index contributed by atoms with van der Waals surface area (Å²) in [6.07, 6.45) is 2.10. The summed E-state index contributed by atoms with van der Waals surface area (Å²) in [5.74, 6) is 0.484. The summed E-state index contributed by atoms with van der Waals surface area (Å²) in [6.45, 7) is 4.81. The van der Waals surface area contributed by atoms with Crippen LogP contribution in [0.1, 0.15) is 32.3 Å². The van der Waals surface area contributed by atoms with Gasteiger partial charge in [0.2, 0.25) is 5.91 Å². The highest BCUT2D eigenvalue weighted by Crippen LogP contribution is 2.25. The van der Waals surface area contributed by atoms with E-state index in [0.717, 1.165) is 4.47 Å². The molecule has 1 aromatic carbocycles. The third-order valence-electron chi connectivity index (χ3n) is 5.27. The number of amides is 2. The summed E-state index contributed by atoms with van der Waals surface area (Å²) in [6, 6.07) is 12.6. The summed E-state index contributed by atoms with van der Waals surface area (Å²) in [5, 5.41) is 12.1. The van der Waals surface area contributed by atoms with Crippen LogP contribution in [0.15, 0.2) is 47.1 Å². The Balaban J connectivity index is 1.59. The van der Waals surface area contributed by atoms with Gasteiger partial charge in [-0.1, -0.05) is 26.0 Å². The second-order valence-corrected chi connectivity index (χ2v) is 8.76. The van der Waals surface area contributed by atoms with Gasteiger partial charge in [0.25, 0.3) is 5.91 Å². The predicted molar refractivity (Wildman–Crippen MR) is 120 cm³/mol. The van der Waals surface area contributed by atoms with Crippen molar-refractivity contribution in [2.24, 2.45) is 11.8 Å². The van der Waals surface area contributed by atoms with Crippen molar-refractivity contribution in [2.75, 3.05) is 18.4 Å². The number of carbonyl (C=O) groups is 2. The molecule has 1 aliphatic rings. The van der Waals surface area contributed by atoms with Crippen LogP contribution in [0.2, 0.25) is 0 Å². The zero-order chi connectivity index (χ0) is 22.4. The van der Waals surface area contributed by atoms with Crippen molar-refractivity contribution >= 4 is 33.6 Å². The summed E-state index contributed by atoms with van der Waals surface area (Å²) in [7, 11) is 0. The fraction of sp³-hybridized carbons (Fsp3) is 0.391. The van der Waals surface area contributed by atoms with Crippen LogP contribution in [0.3, 0.4) is 0 Å². The molecular weight excluding hydrogens is 460 g/mol. The number of halogens is 1. The molecule has 0 saturated carbocycles. The zero-order valence-electron chi connectivity index (χ0n) is 17.5. The molecule has 1 fully saturated rings. The lowest BCUT2D eigenvalue weighted by Gasteiger charge is -2.34. The number of nitriles is 1. The van der Waals surface area contributed by atoms with E-state index in [0.29, 0.717) is 43.1 Å². The number of aromatic nitrogens is 1. The number of anilines is 1. The van der Waals surface area contributed by atoms with Crippen molar-refractivity contribution in [2.45, 2.75) is 32.8 Å². The second kappa shape index (κ2) is 10.4. The van der Waals surface area contributed by atoms with Gasteiger partial charge in [-0.15, -0.1) is 0 Å². The van der Waals surface area contributed by atoms with Crippen LogP contribution in [0.5, 0.6) is 5.75 Å². The molecule has 1 saturated heterocycles. The Morgan fingerprint density at radius 1 is 1.23 bits per heavy atom. The Kier molecular flexibility index (Phi) is 7.64. The van der Waals surface area contributed by atoms with Gasteiger partial charge in [-0.05, 0) is 59.0 Å². The summed E-state index contributed by atoms with van der Waals surface area (Å²) < 4.78 is 6.81. The van der Waals surface area contributed by atoms with E-state index in [-0.39, 0.29) is 23.7 Å². The summed E-state index contributed by atoms with van der Waals surface area (Å²) in [4.78, 5) is 31.6. The molecule has 0 bridgehead atoms. The smallest absolute Gasteiger partial charge is 0.263 e.